The average molecular weight is 694 g/mol. The summed E-state index contributed by atoms with van der Waals surface area (Å²) >= 11 is 0. The van der Waals surface area contributed by atoms with E-state index in [9.17, 15) is 0 Å². The molecule has 0 fully saturated rings. The van der Waals surface area contributed by atoms with Gasteiger partial charge in [0.2, 0.25) is 0 Å². The molecule has 54 heavy (non-hydrogen) atoms. The van der Waals surface area contributed by atoms with Crippen LogP contribution in [0.15, 0.2) is 184 Å². The lowest BCUT2D eigenvalue weighted by molar-refractivity contribution is 0.669. The van der Waals surface area contributed by atoms with Crippen LogP contribution in [0.25, 0.3) is 71.8 Å². The van der Waals surface area contributed by atoms with Crippen LogP contribution < -0.4 is 5.84 Å². The fraction of sp³-hybridized carbons (Fsp3) is 0.0400. The van der Waals surface area contributed by atoms with Crippen LogP contribution >= 0.6 is 0 Å². The van der Waals surface area contributed by atoms with E-state index in [1.165, 1.54) is 38.2 Å². The molecule has 0 spiro atoms. The van der Waals surface area contributed by atoms with Gasteiger partial charge in [0.15, 0.2) is 5.84 Å². The zero-order valence-corrected chi connectivity index (χ0v) is 29.5. The van der Waals surface area contributed by atoms with Crippen LogP contribution in [0.5, 0.6) is 0 Å². The van der Waals surface area contributed by atoms with Crippen molar-refractivity contribution in [3.8, 4) is 22.3 Å². The first kappa shape index (κ1) is 31.7. The van der Waals surface area contributed by atoms with E-state index in [-0.39, 0.29) is 0 Å². The summed E-state index contributed by atoms with van der Waals surface area (Å²) < 4.78 is 6.55. The first-order valence-electron chi connectivity index (χ1n) is 18.4. The molecule has 9 aromatic rings. The minimum Gasteiger partial charge on any atom is -0.456 e. The van der Waals surface area contributed by atoms with Gasteiger partial charge in [0.1, 0.15) is 11.2 Å². The molecule has 0 unspecified atom stereocenters. The number of rotatable bonds is 5. The van der Waals surface area contributed by atoms with Gasteiger partial charge in [0.05, 0.1) is 5.71 Å². The standard InChI is InChI=1S/C50H35N3O/c51-53-50(52-49(40-29-22-33-12-4-5-14-38(33)30-40)37-26-20-34(21-27-37)32-10-2-1-3-11-32)43-17-9-19-46-48(43)47-42(16-8-18-45(47)54-46)39-28-25-36-24-23-35-13-6-7-15-41(35)44(36)31-39/h1-3,5-11,13-31H,4,12,51H2/b52-49+,53-50-. The maximum absolute atomic E-state index is 6.55. The summed E-state index contributed by atoms with van der Waals surface area (Å²) in [6.45, 7) is 0. The Morgan fingerprint density at radius 3 is 2.11 bits per heavy atom. The maximum atomic E-state index is 6.55. The van der Waals surface area contributed by atoms with E-state index in [0.717, 1.165) is 73.9 Å². The second-order valence-corrected chi connectivity index (χ2v) is 13.9. The highest BCUT2D eigenvalue weighted by atomic mass is 16.3. The van der Waals surface area contributed by atoms with Crippen molar-refractivity contribution in [1.82, 2.24) is 0 Å². The number of aliphatic imine (C=N–C) groups is 1. The zero-order valence-electron chi connectivity index (χ0n) is 29.5. The van der Waals surface area contributed by atoms with Crippen molar-refractivity contribution in [2.75, 3.05) is 0 Å². The van der Waals surface area contributed by atoms with E-state index < -0.39 is 0 Å². The summed E-state index contributed by atoms with van der Waals surface area (Å²) in [6, 6.07) is 57.6. The van der Waals surface area contributed by atoms with Crippen molar-refractivity contribution in [3.63, 3.8) is 0 Å². The van der Waals surface area contributed by atoms with Crippen molar-refractivity contribution in [2.45, 2.75) is 12.8 Å². The molecule has 0 aliphatic heterocycles. The lowest BCUT2D eigenvalue weighted by atomic mass is 9.92. The van der Waals surface area contributed by atoms with Crippen LogP contribution in [0, 0.1) is 0 Å². The molecule has 2 N–H and O–H groups in total. The van der Waals surface area contributed by atoms with Crippen LogP contribution in [0.2, 0.25) is 0 Å². The quantitative estimate of drug-likeness (QED) is 0.0641. The highest BCUT2D eigenvalue weighted by Crippen LogP contribution is 2.40. The second kappa shape index (κ2) is 13.2. The Kier molecular flexibility index (Phi) is 7.73. The molecule has 0 radical (unpaired) electrons. The van der Waals surface area contributed by atoms with Gasteiger partial charge < -0.3 is 10.3 Å². The molecule has 10 rings (SSSR count). The predicted molar refractivity (Wildman–Crippen MR) is 226 cm³/mol. The van der Waals surface area contributed by atoms with E-state index >= 15 is 0 Å². The molecule has 0 saturated carbocycles. The molecule has 0 bridgehead atoms. The van der Waals surface area contributed by atoms with Gasteiger partial charge in [-0.25, -0.2) is 4.99 Å². The number of hydrazone groups is 1. The molecule has 1 aliphatic rings. The van der Waals surface area contributed by atoms with E-state index in [2.05, 4.69) is 151 Å². The summed E-state index contributed by atoms with van der Waals surface area (Å²) in [4.78, 5) is 5.35. The maximum Gasteiger partial charge on any atom is 0.180 e. The number of hydrogen-bond donors (Lipinski definition) is 1. The van der Waals surface area contributed by atoms with Gasteiger partial charge in [-0.1, -0.05) is 152 Å². The number of nitrogens with zero attached hydrogens (tertiary/aromatic N) is 2. The number of hydrogen-bond acceptors (Lipinski definition) is 3. The van der Waals surface area contributed by atoms with E-state index in [4.69, 9.17) is 15.3 Å². The van der Waals surface area contributed by atoms with Crippen molar-refractivity contribution < 1.29 is 4.42 Å². The molecule has 1 aliphatic carbocycles. The second-order valence-electron chi connectivity index (χ2n) is 13.9. The summed E-state index contributed by atoms with van der Waals surface area (Å²) in [7, 11) is 0. The number of nitrogens with two attached hydrogens (primary N) is 1. The molecule has 0 saturated heterocycles. The fourth-order valence-corrected chi connectivity index (χ4v) is 8.05. The van der Waals surface area contributed by atoms with E-state index in [1.54, 1.807) is 0 Å². The summed E-state index contributed by atoms with van der Waals surface area (Å²) in [6.07, 6.45) is 6.54. The minimum atomic E-state index is 0.429. The van der Waals surface area contributed by atoms with Gasteiger partial charge >= 0.3 is 0 Å². The molecule has 8 aromatic carbocycles. The predicted octanol–water partition coefficient (Wildman–Crippen LogP) is 12.3. The smallest absolute Gasteiger partial charge is 0.180 e. The Bertz CT molecular complexity index is 2990. The number of allylic oxidation sites excluding steroid dienone is 1. The van der Waals surface area contributed by atoms with Crippen LogP contribution in [0.3, 0.4) is 0 Å². The Morgan fingerprint density at radius 1 is 0.556 bits per heavy atom. The molecule has 0 atom stereocenters. The SMILES string of the molecule is N/N=C(\N=C(/c1ccc(-c2ccccc2)cc1)c1ccc2c(c1)C=CCC2)c1cccc2oc3cccc(-c4ccc5ccc6ccccc6c5c4)c3c12. The van der Waals surface area contributed by atoms with Crippen molar-refractivity contribution in [1.29, 1.82) is 0 Å². The summed E-state index contributed by atoms with van der Waals surface area (Å²) in [5, 5.41) is 11.2. The Balaban J connectivity index is 1.16. The third kappa shape index (κ3) is 5.48. The van der Waals surface area contributed by atoms with Crippen LogP contribution in [-0.2, 0) is 6.42 Å². The number of fused-ring (bicyclic) bond motifs is 7. The number of benzene rings is 8. The number of aryl methyl sites for hydroxylation is 1. The Labute approximate surface area is 313 Å². The normalized spacial score (nSPS) is 13.3. The topological polar surface area (TPSA) is 63.9 Å². The Hall–Kier alpha value is -7.04. The lowest BCUT2D eigenvalue weighted by Gasteiger charge is -2.15. The average Bonchev–Trinajstić information content (AvgIpc) is 3.64. The molecule has 0 amide bonds. The van der Waals surface area contributed by atoms with Crippen molar-refractivity contribution >= 4 is 61.1 Å². The minimum absolute atomic E-state index is 0.429. The highest BCUT2D eigenvalue weighted by Gasteiger charge is 2.20. The summed E-state index contributed by atoms with van der Waals surface area (Å²) in [5.41, 5.74) is 12.2. The molecular weight excluding hydrogens is 659 g/mol. The lowest BCUT2D eigenvalue weighted by Crippen LogP contribution is -2.11. The first-order chi connectivity index (χ1) is 26.7. The number of furan rings is 1. The third-order valence-corrected chi connectivity index (χ3v) is 10.7. The van der Waals surface area contributed by atoms with E-state index in [0.29, 0.717) is 5.84 Å². The van der Waals surface area contributed by atoms with Gasteiger partial charge in [-0.3, -0.25) is 0 Å². The van der Waals surface area contributed by atoms with Crippen molar-refractivity contribution in [3.05, 3.63) is 198 Å². The molecule has 256 valence electrons. The van der Waals surface area contributed by atoms with Gasteiger partial charge in [-0.05, 0) is 92.0 Å². The van der Waals surface area contributed by atoms with Gasteiger partial charge in [0.25, 0.3) is 0 Å². The first-order valence-corrected chi connectivity index (χ1v) is 18.4. The Morgan fingerprint density at radius 2 is 1.26 bits per heavy atom. The highest BCUT2D eigenvalue weighted by molar-refractivity contribution is 6.26. The molecular formula is C50H35N3O. The van der Waals surface area contributed by atoms with Gasteiger partial charge in [-0.2, -0.15) is 5.10 Å². The molecule has 1 aromatic heterocycles. The molecule has 4 nitrogen and oxygen atoms in total. The largest absolute Gasteiger partial charge is 0.456 e. The number of amidine groups is 1. The monoisotopic (exact) mass is 693 g/mol. The zero-order chi connectivity index (χ0) is 36.0. The molecule has 1 heterocycles. The van der Waals surface area contributed by atoms with Crippen LogP contribution in [0.1, 0.15) is 34.2 Å². The summed E-state index contributed by atoms with van der Waals surface area (Å²) in [5.74, 6) is 6.76. The molecule has 4 heteroatoms. The fourth-order valence-electron chi connectivity index (χ4n) is 8.05. The van der Waals surface area contributed by atoms with Crippen molar-refractivity contribution in [2.24, 2.45) is 15.9 Å². The van der Waals surface area contributed by atoms with Gasteiger partial charge in [-0.15, -0.1) is 0 Å². The van der Waals surface area contributed by atoms with Crippen LogP contribution in [-0.4, -0.2) is 11.5 Å². The third-order valence-electron chi connectivity index (χ3n) is 10.7. The van der Waals surface area contributed by atoms with Gasteiger partial charge in [0, 0.05) is 27.5 Å². The van der Waals surface area contributed by atoms with E-state index in [1.807, 2.05) is 30.3 Å². The van der Waals surface area contributed by atoms with Crippen LogP contribution in [0.4, 0.5) is 0 Å².